The van der Waals surface area contributed by atoms with Gasteiger partial charge in [0.1, 0.15) is 5.75 Å². The standard InChI is InChI=1S/C32H46N4O5/c1-4-5-16-34(18-9-8-15-33(2)3)30(38)23-36-22-26(24-11-12-28-25(21-24)14-20-41-28)31(32(39)40)27(36)13-19-35-17-7-6-10-29(35)37/h6-7,10-12,17,21,26-27,31H,4-5,8-9,13-16,18-20,22-23H2,1-3H3,(H,39,40)/t26-,27+,31?/m1/s1. The van der Waals surface area contributed by atoms with Crippen molar-refractivity contribution in [2.45, 2.75) is 64.0 Å². The minimum atomic E-state index is -0.862. The van der Waals surface area contributed by atoms with Crippen LogP contribution in [0.5, 0.6) is 5.75 Å². The lowest BCUT2D eigenvalue weighted by Crippen LogP contribution is -2.45. The summed E-state index contributed by atoms with van der Waals surface area (Å²) in [7, 11) is 4.11. The number of pyridine rings is 1. The van der Waals surface area contributed by atoms with Gasteiger partial charge < -0.3 is 24.2 Å². The van der Waals surface area contributed by atoms with E-state index in [1.165, 1.54) is 6.07 Å². The summed E-state index contributed by atoms with van der Waals surface area (Å²) in [5.74, 6) is -0.887. The van der Waals surface area contributed by atoms with Gasteiger partial charge >= 0.3 is 5.97 Å². The van der Waals surface area contributed by atoms with Gasteiger partial charge in [0.15, 0.2) is 0 Å². The highest BCUT2D eigenvalue weighted by molar-refractivity contribution is 5.79. The van der Waals surface area contributed by atoms with Gasteiger partial charge in [0.25, 0.3) is 0 Å². The molecule has 0 bridgehead atoms. The average Bonchev–Trinajstić information content (AvgIpc) is 3.56. The van der Waals surface area contributed by atoms with Crippen molar-refractivity contribution in [2.24, 2.45) is 5.92 Å². The molecule has 1 amide bonds. The lowest BCUT2D eigenvalue weighted by molar-refractivity contribution is -0.144. The van der Waals surface area contributed by atoms with E-state index in [0.717, 1.165) is 55.5 Å². The first-order valence-corrected chi connectivity index (χ1v) is 15.1. The number of carboxylic acid groups (broad SMARTS) is 1. The van der Waals surface area contributed by atoms with E-state index in [4.69, 9.17) is 4.74 Å². The molecule has 224 valence electrons. The fraction of sp³-hybridized carbons (Fsp3) is 0.594. The molecule has 3 atom stereocenters. The summed E-state index contributed by atoms with van der Waals surface area (Å²) in [5.41, 5.74) is 1.97. The van der Waals surface area contributed by atoms with Crippen LogP contribution < -0.4 is 10.3 Å². The van der Waals surface area contributed by atoms with Gasteiger partial charge in [-0.1, -0.05) is 31.5 Å². The average molecular weight is 567 g/mol. The molecule has 0 saturated carbocycles. The van der Waals surface area contributed by atoms with Gasteiger partial charge in [-0.25, -0.2) is 0 Å². The van der Waals surface area contributed by atoms with Gasteiger partial charge in [-0.3, -0.25) is 19.3 Å². The van der Waals surface area contributed by atoms with Crippen LogP contribution in [0.1, 0.15) is 56.1 Å². The molecule has 3 heterocycles. The van der Waals surface area contributed by atoms with Crippen LogP contribution in [0.25, 0.3) is 0 Å². The van der Waals surface area contributed by atoms with E-state index in [2.05, 4.69) is 36.9 Å². The van der Waals surface area contributed by atoms with Gasteiger partial charge in [0.2, 0.25) is 11.5 Å². The number of carbonyl (C=O) groups is 2. The number of carboxylic acids is 1. The van der Waals surface area contributed by atoms with Crippen molar-refractivity contribution in [3.8, 4) is 5.75 Å². The normalized spacial score (nSPS) is 20.2. The molecule has 9 nitrogen and oxygen atoms in total. The summed E-state index contributed by atoms with van der Waals surface area (Å²) < 4.78 is 7.31. The van der Waals surface area contributed by atoms with Crippen molar-refractivity contribution in [1.29, 1.82) is 0 Å². The Morgan fingerprint density at radius 1 is 1.07 bits per heavy atom. The van der Waals surface area contributed by atoms with Crippen LogP contribution in [0.3, 0.4) is 0 Å². The summed E-state index contributed by atoms with van der Waals surface area (Å²) >= 11 is 0. The summed E-state index contributed by atoms with van der Waals surface area (Å²) in [6, 6.07) is 10.7. The van der Waals surface area contributed by atoms with Gasteiger partial charge in [-0.05, 0) is 69.6 Å². The van der Waals surface area contributed by atoms with Crippen molar-refractivity contribution in [2.75, 3.05) is 53.4 Å². The number of amides is 1. The van der Waals surface area contributed by atoms with Crippen LogP contribution >= 0.6 is 0 Å². The SMILES string of the molecule is CCCCN(CCCCN(C)C)C(=O)CN1C[C@H](c2ccc3c(c2)CCO3)C(C(=O)O)[C@@H]1CCn1ccccc1=O. The molecule has 2 aliphatic rings. The van der Waals surface area contributed by atoms with E-state index >= 15 is 0 Å². The van der Waals surface area contributed by atoms with Crippen LogP contribution in [0, 0.1) is 5.92 Å². The summed E-state index contributed by atoms with van der Waals surface area (Å²) in [6.45, 7) is 6.24. The molecular formula is C32H46N4O5. The Bertz CT molecular complexity index is 1230. The molecule has 0 spiro atoms. The molecule has 0 aliphatic carbocycles. The number of aryl methyl sites for hydroxylation is 1. The topological polar surface area (TPSA) is 95.3 Å². The number of nitrogens with zero attached hydrogens (tertiary/aromatic N) is 4. The second-order valence-corrected chi connectivity index (χ2v) is 11.7. The first-order valence-electron chi connectivity index (χ1n) is 15.1. The maximum absolute atomic E-state index is 13.7. The fourth-order valence-corrected chi connectivity index (χ4v) is 6.26. The highest BCUT2D eigenvalue weighted by Gasteiger charge is 2.47. The molecule has 1 aromatic carbocycles. The summed E-state index contributed by atoms with van der Waals surface area (Å²) in [5, 5.41) is 10.5. The van der Waals surface area contributed by atoms with E-state index in [-0.39, 0.29) is 30.0 Å². The van der Waals surface area contributed by atoms with Crippen LogP contribution in [0.15, 0.2) is 47.4 Å². The second kappa shape index (κ2) is 14.6. The molecule has 2 aliphatic heterocycles. The number of unbranched alkanes of at least 4 members (excludes halogenated alkanes) is 2. The van der Waals surface area contributed by atoms with Gasteiger partial charge in [-0.2, -0.15) is 0 Å². The van der Waals surface area contributed by atoms with Crippen molar-refractivity contribution in [1.82, 2.24) is 19.3 Å². The predicted octanol–water partition coefficient (Wildman–Crippen LogP) is 3.31. The lowest BCUT2D eigenvalue weighted by atomic mass is 9.83. The molecule has 4 rings (SSSR count). The number of fused-ring (bicyclic) bond motifs is 1. The Balaban J connectivity index is 1.57. The highest BCUT2D eigenvalue weighted by Crippen LogP contribution is 2.41. The number of hydrogen-bond acceptors (Lipinski definition) is 6. The zero-order valence-electron chi connectivity index (χ0n) is 24.8. The third-order valence-corrected chi connectivity index (χ3v) is 8.50. The quantitative estimate of drug-likeness (QED) is 0.331. The Kier molecular flexibility index (Phi) is 11.0. The molecule has 2 aromatic rings. The number of likely N-dealkylation sites (tertiary alicyclic amines) is 1. The van der Waals surface area contributed by atoms with E-state index in [0.29, 0.717) is 39.2 Å². The highest BCUT2D eigenvalue weighted by atomic mass is 16.5. The zero-order chi connectivity index (χ0) is 29.4. The van der Waals surface area contributed by atoms with Gasteiger partial charge in [0, 0.05) is 56.8 Å². The number of ether oxygens (including phenoxy) is 1. The Labute approximate surface area is 243 Å². The number of carbonyl (C=O) groups excluding carboxylic acids is 1. The monoisotopic (exact) mass is 566 g/mol. The van der Waals surface area contributed by atoms with Gasteiger partial charge in [-0.15, -0.1) is 0 Å². The van der Waals surface area contributed by atoms with E-state index < -0.39 is 11.9 Å². The largest absolute Gasteiger partial charge is 0.493 e. The minimum Gasteiger partial charge on any atom is -0.493 e. The van der Waals surface area contributed by atoms with Crippen LogP contribution in [-0.4, -0.2) is 95.7 Å². The van der Waals surface area contributed by atoms with Crippen LogP contribution in [-0.2, 0) is 22.6 Å². The summed E-state index contributed by atoms with van der Waals surface area (Å²) in [6.07, 6.45) is 6.92. The molecule has 41 heavy (non-hydrogen) atoms. The van der Waals surface area contributed by atoms with Gasteiger partial charge in [0.05, 0.1) is 19.1 Å². The lowest BCUT2D eigenvalue weighted by Gasteiger charge is -2.30. The molecule has 1 aromatic heterocycles. The number of hydrogen-bond donors (Lipinski definition) is 1. The van der Waals surface area contributed by atoms with E-state index in [1.807, 2.05) is 23.1 Å². The van der Waals surface area contributed by atoms with Crippen LogP contribution in [0.2, 0.25) is 0 Å². The molecule has 1 saturated heterocycles. The Hall–Kier alpha value is -3.17. The molecule has 1 fully saturated rings. The smallest absolute Gasteiger partial charge is 0.308 e. The molecular weight excluding hydrogens is 520 g/mol. The molecule has 9 heteroatoms. The maximum atomic E-state index is 13.7. The fourth-order valence-electron chi connectivity index (χ4n) is 6.26. The molecule has 0 radical (unpaired) electrons. The number of aromatic nitrogens is 1. The second-order valence-electron chi connectivity index (χ2n) is 11.7. The number of benzene rings is 1. The molecule has 1 unspecified atom stereocenters. The zero-order valence-corrected chi connectivity index (χ0v) is 24.8. The first kappa shape index (κ1) is 30.8. The van der Waals surface area contributed by atoms with E-state index in [9.17, 15) is 19.5 Å². The Morgan fingerprint density at radius 3 is 2.59 bits per heavy atom. The number of aliphatic carboxylic acids is 1. The molecule has 1 N–H and O–H groups in total. The van der Waals surface area contributed by atoms with E-state index in [1.54, 1.807) is 16.8 Å². The Morgan fingerprint density at radius 2 is 1.85 bits per heavy atom. The van der Waals surface area contributed by atoms with Crippen molar-refractivity contribution < 1.29 is 19.4 Å². The van der Waals surface area contributed by atoms with Crippen LogP contribution in [0.4, 0.5) is 0 Å². The summed E-state index contributed by atoms with van der Waals surface area (Å²) in [4.78, 5) is 45.2. The van der Waals surface area contributed by atoms with Crippen molar-refractivity contribution in [3.63, 3.8) is 0 Å². The van der Waals surface area contributed by atoms with Crippen molar-refractivity contribution in [3.05, 3.63) is 64.1 Å². The minimum absolute atomic E-state index is 0.0531. The third-order valence-electron chi connectivity index (χ3n) is 8.50. The van der Waals surface area contributed by atoms with Crippen molar-refractivity contribution >= 4 is 11.9 Å². The number of rotatable bonds is 15. The third kappa shape index (κ3) is 7.98. The maximum Gasteiger partial charge on any atom is 0.308 e. The predicted molar refractivity (Wildman–Crippen MR) is 159 cm³/mol. The first-order chi connectivity index (χ1) is 19.8.